The van der Waals surface area contributed by atoms with E-state index in [9.17, 15) is 4.79 Å². The predicted molar refractivity (Wildman–Crippen MR) is 83.1 cm³/mol. The number of thiazole rings is 1. The first kappa shape index (κ1) is 13.5. The zero-order chi connectivity index (χ0) is 14.7. The summed E-state index contributed by atoms with van der Waals surface area (Å²) < 4.78 is 4.93. The Labute approximate surface area is 125 Å². The Morgan fingerprint density at radius 2 is 2.29 bits per heavy atom. The average molecular weight is 299 g/mol. The maximum absolute atomic E-state index is 11.6. The lowest BCUT2D eigenvalue weighted by atomic mass is 10.1. The first-order valence-electron chi connectivity index (χ1n) is 6.50. The molecule has 0 aliphatic carbocycles. The molecule has 0 saturated heterocycles. The number of anilines is 2. The molecule has 0 bridgehead atoms. The molecule has 0 amide bonds. The molecule has 106 valence electrons. The van der Waals surface area contributed by atoms with Crippen molar-refractivity contribution < 1.29 is 9.53 Å². The van der Waals surface area contributed by atoms with E-state index in [2.05, 4.69) is 15.3 Å². The van der Waals surface area contributed by atoms with Gasteiger partial charge >= 0.3 is 5.97 Å². The van der Waals surface area contributed by atoms with E-state index in [1.165, 1.54) is 11.3 Å². The van der Waals surface area contributed by atoms with Gasteiger partial charge in [-0.3, -0.25) is 4.98 Å². The van der Waals surface area contributed by atoms with Crippen molar-refractivity contribution in [1.82, 2.24) is 9.97 Å². The van der Waals surface area contributed by atoms with Gasteiger partial charge in [0, 0.05) is 28.8 Å². The molecule has 0 atom stereocenters. The molecule has 2 heterocycles. The summed E-state index contributed by atoms with van der Waals surface area (Å²) in [6, 6.07) is 7.89. The number of carbonyl (C=O) groups is 1. The monoisotopic (exact) mass is 299 g/mol. The molecule has 0 fully saturated rings. The van der Waals surface area contributed by atoms with Crippen LogP contribution >= 0.6 is 11.3 Å². The Hall–Kier alpha value is -2.47. The highest BCUT2D eigenvalue weighted by atomic mass is 32.1. The number of nitrogens with zero attached hydrogens (tertiary/aromatic N) is 2. The highest BCUT2D eigenvalue weighted by Crippen LogP contribution is 2.27. The number of carbonyl (C=O) groups excluding carboxylic acids is 1. The van der Waals surface area contributed by atoms with Gasteiger partial charge in [0.05, 0.1) is 6.61 Å². The quantitative estimate of drug-likeness (QED) is 0.746. The number of aromatic nitrogens is 2. The number of nitrogens with one attached hydrogen (secondary N) is 1. The van der Waals surface area contributed by atoms with Crippen molar-refractivity contribution >= 4 is 38.9 Å². The van der Waals surface area contributed by atoms with E-state index >= 15 is 0 Å². The van der Waals surface area contributed by atoms with Crippen LogP contribution in [0, 0.1) is 0 Å². The van der Waals surface area contributed by atoms with Gasteiger partial charge in [0.1, 0.15) is 0 Å². The van der Waals surface area contributed by atoms with Crippen LogP contribution < -0.4 is 5.32 Å². The number of esters is 1. The molecule has 6 heteroatoms. The summed E-state index contributed by atoms with van der Waals surface area (Å²) in [6.45, 7) is 2.11. The number of hydrogen-bond acceptors (Lipinski definition) is 6. The lowest BCUT2D eigenvalue weighted by molar-refractivity contribution is 0.0520. The van der Waals surface area contributed by atoms with Crippen molar-refractivity contribution in [3.63, 3.8) is 0 Å². The van der Waals surface area contributed by atoms with Crippen molar-refractivity contribution in [2.24, 2.45) is 0 Å². The molecule has 0 unspecified atom stereocenters. The third-order valence-electron chi connectivity index (χ3n) is 2.91. The minimum atomic E-state index is -0.401. The molecule has 5 nitrogen and oxygen atoms in total. The molecule has 0 aliphatic rings. The van der Waals surface area contributed by atoms with E-state index in [0.717, 1.165) is 16.5 Å². The van der Waals surface area contributed by atoms with Gasteiger partial charge in [-0.05, 0) is 24.4 Å². The Balaban J connectivity index is 1.87. The molecule has 0 radical (unpaired) electrons. The summed E-state index contributed by atoms with van der Waals surface area (Å²) >= 11 is 1.36. The second-order valence-corrected chi connectivity index (χ2v) is 5.14. The third kappa shape index (κ3) is 2.85. The molecule has 2 aromatic heterocycles. The van der Waals surface area contributed by atoms with Crippen LogP contribution in [0.15, 0.2) is 42.0 Å². The summed E-state index contributed by atoms with van der Waals surface area (Å²) in [5.41, 5.74) is 1.23. The minimum Gasteiger partial charge on any atom is -0.461 e. The smallest absolute Gasteiger partial charge is 0.357 e. The summed E-state index contributed by atoms with van der Waals surface area (Å²) in [4.78, 5) is 20.0. The van der Waals surface area contributed by atoms with Gasteiger partial charge in [-0.25, -0.2) is 9.78 Å². The van der Waals surface area contributed by atoms with Crippen LogP contribution in [-0.4, -0.2) is 22.5 Å². The van der Waals surface area contributed by atoms with Gasteiger partial charge in [-0.2, -0.15) is 0 Å². The number of hydrogen-bond donors (Lipinski definition) is 1. The summed E-state index contributed by atoms with van der Waals surface area (Å²) in [6.07, 6.45) is 3.56. The largest absolute Gasteiger partial charge is 0.461 e. The summed E-state index contributed by atoms with van der Waals surface area (Å²) in [5.74, 6) is -0.401. The highest BCUT2D eigenvalue weighted by Gasteiger charge is 2.12. The van der Waals surface area contributed by atoms with Crippen molar-refractivity contribution in [2.75, 3.05) is 11.9 Å². The molecular weight excluding hydrogens is 286 g/mol. The molecule has 3 rings (SSSR count). The van der Waals surface area contributed by atoms with Crippen molar-refractivity contribution in [2.45, 2.75) is 6.92 Å². The van der Waals surface area contributed by atoms with Crippen molar-refractivity contribution in [1.29, 1.82) is 0 Å². The second kappa shape index (κ2) is 5.88. The minimum absolute atomic E-state index is 0.322. The van der Waals surface area contributed by atoms with Gasteiger partial charge < -0.3 is 10.1 Å². The van der Waals surface area contributed by atoms with Crippen LogP contribution in [0.3, 0.4) is 0 Å². The van der Waals surface area contributed by atoms with Crippen LogP contribution in [0.25, 0.3) is 10.8 Å². The molecule has 3 aromatic rings. The van der Waals surface area contributed by atoms with E-state index in [1.54, 1.807) is 24.7 Å². The summed E-state index contributed by atoms with van der Waals surface area (Å²) in [5, 5.41) is 7.66. The van der Waals surface area contributed by atoms with Crippen LogP contribution in [0.5, 0.6) is 0 Å². The number of rotatable bonds is 4. The van der Waals surface area contributed by atoms with E-state index in [4.69, 9.17) is 4.74 Å². The van der Waals surface area contributed by atoms with Crippen LogP contribution in [0.1, 0.15) is 17.4 Å². The van der Waals surface area contributed by atoms with E-state index in [0.29, 0.717) is 17.4 Å². The van der Waals surface area contributed by atoms with Crippen LogP contribution in [0.4, 0.5) is 10.8 Å². The Bertz CT molecular complexity index is 780. The molecule has 0 saturated carbocycles. The predicted octanol–water partition coefficient (Wildman–Crippen LogP) is 3.61. The molecule has 21 heavy (non-hydrogen) atoms. The van der Waals surface area contributed by atoms with Crippen molar-refractivity contribution in [3.05, 3.63) is 47.7 Å². The van der Waals surface area contributed by atoms with E-state index in [1.807, 2.05) is 24.3 Å². The zero-order valence-electron chi connectivity index (χ0n) is 11.4. The fourth-order valence-corrected chi connectivity index (χ4v) is 2.66. The number of fused-ring (bicyclic) bond motifs is 1. The first-order valence-corrected chi connectivity index (χ1v) is 7.38. The van der Waals surface area contributed by atoms with Gasteiger partial charge in [0.25, 0.3) is 0 Å². The standard InChI is InChI=1S/C15H13N3O2S/c1-2-20-14(19)13-9-21-15(18-13)17-12-5-3-4-10-6-7-16-8-11(10)12/h3-9H,2H2,1H3,(H,17,18). The lowest BCUT2D eigenvalue weighted by Crippen LogP contribution is -2.05. The molecule has 0 spiro atoms. The van der Waals surface area contributed by atoms with Gasteiger partial charge in [0.2, 0.25) is 0 Å². The fourth-order valence-electron chi connectivity index (χ4n) is 1.97. The summed E-state index contributed by atoms with van der Waals surface area (Å²) in [7, 11) is 0. The molecule has 1 N–H and O–H groups in total. The number of benzene rings is 1. The Morgan fingerprint density at radius 3 is 3.14 bits per heavy atom. The second-order valence-electron chi connectivity index (χ2n) is 4.29. The molecule has 1 aromatic carbocycles. The highest BCUT2D eigenvalue weighted by molar-refractivity contribution is 7.14. The lowest BCUT2D eigenvalue weighted by Gasteiger charge is -2.06. The Kier molecular flexibility index (Phi) is 3.79. The van der Waals surface area contributed by atoms with Gasteiger partial charge in [-0.15, -0.1) is 11.3 Å². The average Bonchev–Trinajstić information content (AvgIpc) is 2.97. The molecular formula is C15H13N3O2S. The maximum Gasteiger partial charge on any atom is 0.357 e. The van der Waals surface area contributed by atoms with Crippen LogP contribution in [0.2, 0.25) is 0 Å². The van der Waals surface area contributed by atoms with Gasteiger partial charge in [-0.1, -0.05) is 12.1 Å². The maximum atomic E-state index is 11.6. The van der Waals surface area contributed by atoms with Crippen LogP contribution in [-0.2, 0) is 4.74 Å². The Morgan fingerprint density at radius 1 is 1.38 bits per heavy atom. The van der Waals surface area contributed by atoms with Crippen molar-refractivity contribution in [3.8, 4) is 0 Å². The fraction of sp³-hybridized carbons (Fsp3) is 0.133. The number of ether oxygens (including phenoxy) is 1. The normalized spacial score (nSPS) is 10.5. The van der Waals surface area contributed by atoms with E-state index < -0.39 is 5.97 Å². The topological polar surface area (TPSA) is 64.1 Å². The third-order valence-corrected chi connectivity index (χ3v) is 3.67. The first-order chi connectivity index (χ1) is 10.3. The van der Waals surface area contributed by atoms with Gasteiger partial charge in [0.15, 0.2) is 10.8 Å². The SMILES string of the molecule is CCOC(=O)c1csc(Nc2cccc3ccncc23)n1. The zero-order valence-corrected chi connectivity index (χ0v) is 12.2. The van der Waals surface area contributed by atoms with E-state index in [-0.39, 0.29) is 0 Å². The molecule has 0 aliphatic heterocycles. The number of pyridine rings is 1.